The van der Waals surface area contributed by atoms with Crippen LogP contribution in [0, 0.1) is 5.92 Å². The van der Waals surface area contributed by atoms with Gasteiger partial charge in [0, 0.05) is 17.2 Å². The summed E-state index contributed by atoms with van der Waals surface area (Å²) in [7, 11) is 1.63. The van der Waals surface area contributed by atoms with Gasteiger partial charge >= 0.3 is 0 Å². The van der Waals surface area contributed by atoms with Crippen molar-refractivity contribution in [2.75, 3.05) is 19.5 Å². The Kier molecular flexibility index (Phi) is 4.62. The van der Waals surface area contributed by atoms with E-state index >= 15 is 0 Å². The molecule has 1 amide bonds. The Morgan fingerprint density at radius 1 is 1.40 bits per heavy atom. The normalized spacial score (nSPS) is 12.8. The van der Waals surface area contributed by atoms with Crippen LogP contribution in [0.2, 0.25) is 0 Å². The minimum atomic E-state index is -0.126. The number of nitrogens with two attached hydrogens (primary N) is 1. The minimum Gasteiger partial charge on any atom is -0.397 e. The number of anilines is 1. The zero-order chi connectivity index (χ0) is 14.7. The van der Waals surface area contributed by atoms with E-state index in [9.17, 15) is 4.79 Å². The molecule has 5 heteroatoms. The van der Waals surface area contributed by atoms with E-state index in [4.69, 9.17) is 10.5 Å². The van der Waals surface area contributed by atoms with E-state index in [-0.39, 0.29) is 11.9 Å². The molecule has 108 valence electrons. The highest BCUT2D eigenvalue weighted by Gasteiger charge is 2.21. The molecule has 0 spiro atoms. The molecule has 0 aliphatic heterocycles. The van der Waals surface area contributed by atoms with Gasteiger partial charge in [-0.3, -0.25) is 4.79 Å². The second-order valence-corrected chi connectivity index (χ2v) is 6.17. The van der Waals surface area contributed by atoms with E-state index in [1.54, 1.807) is 7.11 Å². The molecule has 4 nitrogen and oxygen atoms in total. The highest BCUT2D eigenvalue weighted by molar-refractivity contribution is 7.21. The number of methoxy groups -OCH3 is 1. The fourth-order valence-electron chi connectivity index (χ4n) is 2.05. The number of hydrogen-bond donors (Lipinski definition) is 2. The molecule has 0 radical (unpaired) electrons. The molecule has 1 aromatic carbocycles. The van der Waals surface area contributed by atoms with Crippen LogP contribution in [0.3, 0.4) is 0 Å². The number of hydrogen-bond acceptors (Lipinski definition) is 4. The molecule has 20 heavy (non-hydrogen) atoms. The van der Waals surface area contributed by atoms with Gasteiger partial charge in [-0.15, -0.1) is 11.3 Å². The Hall–Kier alpha value is -1.59. The van der Waals surface area contributed by atoms with Gasteiger partial charge in [-0.05, 0) is 12.0 Å². The van der Waals surface area contributed by atoms with E-state index in [2.05, 4.69) is 19.2 Å². The van der Waals surface area contributed by atoms with Crippen molar-refractivity contribution in [2.24, 2.45) is 5.92 Å². The average Bonchev–Trinajstić information content (AvgIpc) is 2.76. The van der Waals surface area contributed by atoms with E-state index in [0.29, 0.717) is 23.1 Å². The van der Waals surface area contributed by atoms with Crippen LogP contribution in [-0.4, -0.2) is 25.7 Å². The van der Waals surface area contributed by atoms with Crippen LogP contribution in [0.5, 0.6) is 0 Å². The lowest BCUT2D eigenvalue weighted by molar-refractivity contribution is 0.0871. The monoisotopic (exact) mass is 292 g/mol. The van der Waals surface area contributed by atoms with Crippen molar-refractivity contribution in [3.05, 3.63) is 29.1 Å². The maximum absolute atomic E-state index is 12.4. The summed E-state index contributed by atoms with van der Waals surface area (Å²) in [5.41, 5.74) is 6.64. The fourth-order valence-corrected chi connectivity index (χ4v) is 3.07. The van der Waals surface area contributed by atoms with Crippen molar-refractivity contribution < 1.29 is 9.53 Å². The van der Waals surface area contributed by atoms with E-state index in [0.717, 1.165) is 10.1 Å². The second-order valence-electron chi connectivity index (χ2n) is 5.12. The van der Waals surface area contributed by atoms with Crippen molar-refractivity contribution in [2.45, 2.75) is 19.9 Å². The molecule has 1 unspecified atom stereocenters. The third-order valence-corrected chi connectivity index (χ3v) is 4.49. The quantitative estimate of drug-likeness (QED) is 0.890. The Morgan fingerprint density at radius 2 is 2.10 bits per heavy atom. The lowest BCUT2D eigenvalue weighted by atomic mass is 10.1. The molecule has 0 aliphatic carbocycles. The van der Waals surface area contributed by atoms with Gasteiger partial charge in [-0.2, -0.15) is 0 Å². The summed E-state index contributed by atoms with van der Waals surface area (Å²) in [6.07, 6.45) is 0. The van der Waals surface area contributed by atoms with Crippen molar-refractivity contribution in [3.8, 4) is 0 Å². The number of carbonyl (C=O) groups is 1. The molecule has 1 atom stereocenters. The minimum absolute atomic E-state index is 0.0166. The fraction of sp³-hybridized carbons (Fsp3) is 0.400. The van der Waals surface area contributed by atoms with Crippen LogP contribution >= 0.6 is 11.3 Å². The number of benzene rings is 1. The molecular formula is C15H20N2O2S. The van der Waals surface area contributed by atoms with E-state index in [1.165, 1.54) is 11.3 Å². The smallest absolute Gasteiger partial charge is 0.263 e. The Labute approximate surface area is 122 Å². The summed E-state index contributed by atoms with van der Waals surface area (Å²) >= 11 is 1.43. The Balaban J connectivity index is 2.24. The van der Waals surface area contributed by atoms with Gasteiger partial charge in [0.1, 0.15) is 4.88 Å². The molecule has 2 rings (SSSR count). The Morgan fingerprint density at radius 3 is 2.70 bits per heavy atom. The molecule has 1 heterocycles. The second kappa shape index (κ2) is 6.24. The predicted molar refractivity (Wildman–Crippen MR) is 84.2 cm³/mol. The van der Waals surface area contributed by atoms with Gasteiger partial charge in [-0.1, -0.05) is 32.0 Å². The topological polar surface area (TPSA) is 64.3 Å². The highest BCUT2D eigenvalue weighted by Crippen LogP contribution is 2.33. The number of amides is 1. The third-order valence-electron chi connectivity index (χ3n) is 3.31. The van der Waals surface area contributed by atoms with Gasteiger partial charge < -0.3 is 15.8 Å². The first-order valence-corrected chi connectivity index (χ1v) is 7.43. The summed E-state index contributed by atoms with van der Waals surface area (Å²) in [6.45, 7) is 4.60. The van der Waals surface area contributed by atoms with Gasteiger partial charge in [-0.25, -0.2) is 0 Å². The number of nitrogen functional groups attached to an aromatic ring is 1. The van der Waals surface area contributed by atoms with Crippen LogP contribution in [0.25, 0.3) is 10.1 Å². The molecule has 3 N–H and O–H groups in total. The van der Waals surface area contributed by atoms with Crippen molar-refractivity contribution >= 4 is 33.0 Å². The average molecular weight is 292 g/mol. The number of nitrogens with one attached hydrogen (secondary N) is 1. The molecular weight excluding hydrogens is 272 g/mol. The Bertz CT molecular complexity index is 607. The molecule has 0 saturated carbocycles. The molecule has 2 aromatic rings. The summed E-state index contributed by atoms with van der Waals surface area (Å²) in [4.78, 5) is 13.0. The van der Waals surface area contributed by atoms with Crippen LogP contribution in [-0.2, 0) is 4.74 Å². The maximum atomic E-state index is 12.4. The molecule has 0 bridgehead atoms. The summed E-state index contributed by atoms with van der Waals surface area (Å²) < 4.78 is 6.18. The lowest BCUT2D eigenvalue weighted by Crippen LogP contribution is -2.41. The lowest BCUT2D eigenvalue weighted by Gasteiger charge is -2.21. The van der Waals surface area contributed by atoms with Crippen molar-refractivity contribution in [3.63, 3.8) is 0 Å². The predicted octanol–water partition coefficient (Wildman–Crippen LogP) is 2.88. The van der Waals surface area contributed by atoms with Gasteiger partial charge in [0.15, 0.2) is 0 Å². The van der Waals surface area contributed by atoms with Crippen LogP contribution < -0.4 is 11.1 Å². The van der Waals surface area contributed by atoms with Crippen LogP contribution in [0.1, 0.15) is 23.5 Å². The number of fused-ring (bicyclic) bond motifs is 1. The summed E-state index contributed by atoms with van der Waals surface area (Å²) in [5.74, 6) is 0.175. The van der Waals surface area contributed by atoms with Crippen LogP contribution in [0.15, 0.2) is 24.3 Å². The molecule has 1 aromatic heterocycles. The highest BCUT2D eigenvalue weighted by atomic mass is 32.1. The molecule has 0 aliphatic rings. The molecule has 0 saturated heterocycles. The van der Waals surface area contributed by atoms with Gasteiger partial charge in [0.2, 0.25) is 0 Å². The van der Waals surface area contributed by atoms with Gasteiger partial charge in [0.05, 0.1) is 18.3 Å². The van der Waals surface area contributed by atoms with Crippen molar-refractivity contribution in [1.82, 2.24) is 5.32 Å². The molecule has 0 fully saturated rings. The number of thiophene rings is 1. The number of ether oxygens (including phenoxy) is 1. The summed E-state index contributed by atoms with van der Waals surface area (Å²) in [6, 6.07) is 7.77. The largest absolute Gasteiger partial charge is 0.397 e. The first-order valence-electron chi connectivity index (χ1n) is 6.61. The SMILES string of the molecule is COCC(NC(=O)c1sc2ccccc2c1N)C(C)C. The number of rotatable bonds is 5. The van der Waals surface area contributed by atoms with Gasteiger partial charge in [0.25, 0.3) is 5.91 Å². The van der Waals surface area contributed by atoms with Crippen LogP contribution in [0.4, 0.5) is 5.69 Å². The standard InChI is InChI=1S/C15H20N2O2S/c1-9(2)11(8-19-3)17-15(18)14-13(16)10-6-4-5-7-12(10)20-14/h4-7,9,11H,8,16H2,1-3H3,(H,17,18). The van der Waals surface area contributed by atoms with E-state index < -0.39 is 0 Å². The summed E-state index contributed by atoms with van der Waals surface area (Å²) in [5, 5.41) is 3.94. The first-order chi connectivity index (χ1) is 9.54. The zero-order valence-corrected chi connectivity index (χ0v) is 12.8. The maximum Gasteiger partial charge on any atom is 0.263 e. The first kappa shape index (κ1) is 14.8. The zero-order valence-electron chi connectivity index (χ0n) is 12.0. The van der Waals surface area contributed by atoms with E-state index in [1.807, 2.05) is 24.3 Å². The number of carbonyl (C=O) groups excluding carboxylic acids is 1. The third kappa shape index (κ3) is 2.94. The van der Waals surface area contributed by atoms with Crippen molar-refractivity contribution in [1.29, 1.82) is 0 Å².